The monoisotopic (exact) mass is 350 g/mol. The van der Waals surface area contributed by atoms with Crippen LogP contribution in [0.4, 0.5) is 4.39 Å². The number of ether oxygens (including phenoxy) is 1. The van der Waals surface area contributed by atoms with Crippen molar-refractivity contribution >= 4 is 10.0 Å². The van der Waals surface area contributed by atoms with Crippen LogP contribution in [-0.4, -0.2) is 44.5 Å². The highest BCUT2D eigenvalue weighted by Crippen LogP contribution is 2.35. The van der Waals surface area contributed by atoms with Gasteiger partial charge in [0.2, 0.25) is 10.0 Å². The van der Waals surface area contributed by atoms with Crippen LogP contribution in [-0.2, 0) is 14.8 Å². The summed E-state index contributed by atoms with van der Waals surface area (Å²) < 4.78 is 45.7. The fraction of sp³-hybridized carbons (Fsp3) is 0.353. The molecule has 1 aromatic carbocycles. The zero-order valence-corrected chi connectivity index (χ0v) is 14.1. The molecule has 1 fully saturated rings. The molecule has 1 aliphatic heterocycles. The first-order valence-corrected chi connectivity index (χ1v) is 9.12. The number of halogens is 1. The van der Waals surface area contributed by atoms with E-state index >= 15 is 0 Å². The molecule has 0 N–H and O–H groups in total. The molecule has 2 heterocycles. The number of hydrogen-bond acceptors (Lipinski definition) is 4. The van der Waals surface area contributed by atoms with Gasteiger partial charge in [0.15, 0.2) is 0 Å². The standard InChI is InChI=1S/C17H19FN2O3S/c1-23-12-13-10-20(11-16(13)17-7-2-3-8-19-17)24(21,22)15-6-4-5-14(18)9-15/h2-9,13,16H,10-12H2,1H3/t13-,16+/m0/s1. The average molecular weight is 350 g/mol. The fourth-order valence-corrected chi connectivity index (χ4v) is 4.67. The van der Waals surface area contributed by atoms with Crippen LogP contribution in [0.1, 0.15) is 11.6 Å². The van der Waals surface area contributed by atoms with Gasteiger partial charge in [0.1, 0.15) is 5.82 Å². The lowest BCUT2D eigenvalue weighted by Crippen LogP contribution is -2.29. The predicted octanol–water partition coefficient (Wildman–Crippen LogP) is 2.27. The molecular weight excluding hydrogens is 331 g/mol. The minimum absolute atomic E-state index is 0.00762. The van der Waals surface area contributed by atoms with Gasteiger partial charge in [-0.05, 0) is 30.3 Å². The number of rotatable bonds is 5. The number of sulfonamides is 1. The van der Waals surface area contributed by atoms with Crippen molar-refractivity contribution in [3.05, 3.63) is 60.2 Å². The van der Waals surface area contributed by atoms with Crippen molar-refractivity contribution in [1.29, 1.82) is 0 Å². The maximum absolute atomic E-state index is 13.4. The zero-order valence-electron chi connectivity index (χ0n) is 13.3. The van der Waals surface area contributed by atoms with E-state index in [-0.39, 0.29) is 16.7 Å². The molecule has 0 amide bonds. The van der Waals surface area contributed by atoms with Crippen molar-refractivity contribution in [2.24, 2.45) is 5.92 Å². The van der Waals surface area contributed by atoms with Crippen LogP contribution in [0.2, 0.25) is 0 Å². The normalized spacial score (nSPS) is 21.9. The van der Waals surface area contributed by atoms with Crippen molar-refractivity contribution in [1.82, 2.24) is 9.29 Å². The first-order chi connectivity index (χ1) is 11.5. The Bertz CT molecular complexity index is 798. The van der Waals surface area contributed by atoms with Crippen LogP contribution in [0.15, 0.2) is 53.6 Å². The van der Waals surface area contributed by atoms with Gasteiger partial charge in [-0.3, -0.25) is 4.98 Å². The maximum Gasteiger partial charge on any atom is 0.243 e. The van der Waals surface area contributed by atoms with Gasteiger partial charge in [-0.1, -0.05) is 12.1 Å². The number of pyridine rings is 1. The van der Waals surface area contributed by atoms with Crippen LogP contribution in [0.25, 0.3) is 0 Å². The van der Waals surface area contributed by atoms with E-state index in [2.05, 4.69) is 4.98 Å². The molecule has 0 aliphatic carbocycles. The van der Waals surface area contributed by atoms with Crippen LogP contribution < -0.4 is 0 Å². The van der Waals surface area contributed by atoms with E-state index in [0.717, 1.165) is 11.8 Å². The Morgan fingerprint density at radius 3 is 2.75 bits per heavy atom. The average Bonchev–Trinajstić information content (AvgIpc) is 3.01. The van der Waals surface area contributed by atoms with Crippen LogP contribution in [0.3, 0.4) is 0 Å². The quantitative estimate of drug-likeness (QED) is 0.830. The van der Waals surface area contributed by atoms with E-state index in [1.807, 2.05) is 18.2 Å². The molecule has 0 unspecified atom stereocenters. The molecule has 1 saturated heterocycles. The van der Waals surface area contributed by atoms with Gasteiger partial charge in [0.25, 0.3) is 0 Å². The summed E-state index contributed by atoms with van der Waals surface area (Å²) in [6.07, 6.45) is 1.70. The van der Waals surface area contributed by atoms with Crippen LogP contribution in [0.5, 0.6) is 0 Å². The molecule has 3 rings (SSSR count). The Hall–Kier alpha value is -1.83. The van der Waals surface area contributed by atoms with Crippen molar-refractivity contribution in [2.45, 2.75) is 10.8 Å². The Morgan fingerprint density at radius 1 is 1.25 bits per heavy atom. The topological polar surface area (TPSA) is 59.5 Å². The Labute approximate surface area is 141 Å². The smallest absolute Gasteiger partial charge is 0.243 e. The summed E-state index contributed by atoms with van der Waals surface area (Å²) in [5.41, 5.74) is 0.844. The minimum Gasteiger partial charge on any atom is -0.384 e. The Morgan fingerprint density at radius 2 is 2.08 bits per heavy atom. The van der Waals surface area contributed by atoms with Gasteiger partial charge in [-0.2, -0.15) is 4.31 Å². The molecule has 7 heteroatoms. The molecule has 1 aliphatic rings. The summed E-state index contributed by atoms with van der Waals surface area (Å²) >= 11 is 0. The van der Waals surface area contributed by atoms with Crippen molar-refractivity contribution in [2.75, 3.05) is 26.8 Å². The van der Waals surface area contributed by atoms with Gasteiger partial charge in [-0.15, -0.1) is 0 Å². The third-order valence-corrected chi connectivity index (χ3v) is 6.12. The third-order valence-electron chi connectivity index (χ3n) is 4.29. The van der Waals surface area contributed by atoms with Crippen molar-refractivity contribution in [3.63, 3.8) is 0 Å². The molecule has 0 radical (unpaired) electrons. The second-order valence-corrected chi connectivity index (χ2v) is 7.79. The van der Waals surface area contributed by atoms with Crippen molar-refractivity contribution < 1.29 is 17.5 Å². The summed E-state index contributed by atoms with van der Waals surface area (Å²) in [4.78, 5) is 4.33. The zero-order chi connectivity index (χ0) is 17.2. The first-order valence-electron chi connectivity index (χ1n) is 7.68. The van der Waals surface area contributed by atoms with Gasteiger partial charge >= 0.3 is 0 Å². The minimum atomic E-state index is -3.74. The molecule has 128 valence electrons. The molecule has 0 bridgehead atoms. The highest BCUT2D eigenvalue weighted by atomic mass is 32.2. The molecular formula is C17H19FN2O3S. The molecule has 2 aromatic rings. The summed E-state index contributed by atoms with van der Waals surface area (Å²) in [7, 11) is -2.15. The number of hydrogen-bond donors (Lipinski definition) is 0. The van der Waals surface area contributed by atoms with Gasteiger partial charge in [0.05, 0.1) is 11.5 Å². The maximum atomic E-state index is 13.4. The van der Waals surface area contributed by atoms with E-state index in [1.54, 1.807) is 13.3 Å². The predicted molar refractivity (Wildman–Crippen MR) is 87.5 cm³/mol. The summed E-state index contributed by atoms with van der Waals surface area (Å²) in [5, 5.41) is 0. The van der Waals surface area contributed by atoms with Gasteiger partial charge in [-0.25, -0.2) is 12.8 Å². The molecule has 5 nitrogen and oxygen atoms in total. The van der Waals surface area contributed by atoms with E-state index in [1.165, 1.54) is 22.5 Å². The Kier molecular flexibility index (Phi) is 4.93. The van der Waals surface area contributed by atoms with E-state index in [4.69, 9.17) is 4.74 Å². The van der Waals surface area contributed by atoms with Gasteiger partial charge in [0, 0.05) is 43.9 Å². The summed E-state index contributed by atoms with van der Waals surface area (Å²) in [6.45, 7) is 1.08. The number of methoxy groups -OCH3 is 1. The SMILES string of the molecule is COC[C@@H]1CN(S(=O)(=O)c2cccc(F)c2)C[C@H]1c1ccccn1. The second-order valence-electron chi connectivity index (χ2n) is 5.86. The Balaban J connectivity index is 1.90. The summed E-state index contributed by atoms with van der Waals surface area (Å²) in [6, 6.07) is 10.7. The van der Waals surface area contributed by atoms with E-state index in [0.29, 0.717) is 19.7 Å². The lowest BCUT2D eigenvalue weighted by atomic mass is 9.93. The highest BCUT2D eigenvalue weighted by molar-refractivity contribution is 7.89. The van der Waals surface area contributed by atoms with E-state index in [9.17, 15) is 12.8 Å². The fourth-order valence-electron chi connectivity index (χ4n) is 3.12. The van der Waals surface area contributed by atoms with Crippen LogP contribution >= 0.6 is 0 Å². The lowest BCUT2D eigenvalue weighted by Gasteiger charge is -2.16. The molecule has 0 spiro atoms. The highest BCUT2D eigenvalue weighted by Gasteiger charge is 2.40. The molecule has 1 aromatic heterocycles. The third kappa shape index (κ3) is 3.33. The summed E-state index contributed by atoms with van der Waals surface area (Å²) in [5.74, 6) is -0.604. The molecule has 2 atom stereocenters. The van der Waals surface area contributed by atoms with Crippen molar-refractivity contribution in [3.8, 4) is 0 Å². The largest absolute Gasteiger partial charge is 0.384 e. The van der Waals surface area contributed by atoms with Gasteiger partial charge < -0.3 is 4.74 Å². The van der Waals surface area contributed by atoms with Crippen LogP contribution in [0, 0.1) is 11.7 Å². The lowest BCUT2D eigenvalue weighted by molar-refractivity contribution is 0.150. The second kappa shape index (κ2) is 6.96. The number of aromatic nitrogens is 1. The molecule has 0 saturated carbocycles. The molecule has 24 heavy (non-hydrogen) atoms. The first kappa shape index (κ1) is 17.0. The number of benzene rings is 1. The van der Waals surface area contributed by atoms with E-state index < -0.39 is 15.8 Å². The number of nitrogens with zero attached hydrogens (tertiary/aromatic N) is 2.